The summed E-state index contributed by atoms with van der Waals surface area (Å²) in [4.78, 5) is 32.0. The van der Waals surface area contributed by atoms with Crippen LogP contribution in [0.25, 0.3) is 0 Å². The summed E-state index contributed by atoms with van der Waals surface area (Å²) in [6.45, 7) is 2.44. The van der Waals surface area contributed by atoms with Crippen molar-refractivity contribution in [2.45, 2.75) is 38.3 Å². The number of carbonyl (C=O) groups is 1. The molecule has 0 spiro atoms. The Kier molecular flexibility index (Phi) is 6.41. The number of aromatic nitrogens is 2. The Balaban J connectivity index is 1.44. The molecule has 0 radical (unpaired) electrons. The molecule has 0 bridgehead atoms. The molecule has 0 atom stereocenters. The van der Waals surface area contributed by atoms with E-state index in [4.69, 9.17) is 4.74 Å². The molecular weight excluding hydrogens is 482 g/mol. The number of hydrogen-bond acceptors (Lipinski definition) is 6. The topological polar surface area (TPSA) is 87.9 Å². The molecule has 3 aromatic rings. The molecule has 1 aliphatic carbocycles. The van der Waals surface area contributed by atoms with Gasteiger partial charge in [0, 0.05) is 18.5 Å². The van der Waals surface area contributed by atoms with E-state index in [0.717, 1.165) is 23.7 Å². The molecule has 1 saturated carbocycles. The number of pyridine rings is 2. The number of amides is 1. The fraction of sp³-hybridized carbons (Fsp3) is 0.296. The Labute approximate surface area is 212 Å². The normalized spacial score (nSPS) is 16.6. The third kappa shape index (κ3) is 4.43. The fourth-order valence-electron chi connectivity index (χ4n) is 4.77. The van der Waals surface area contributed by atoms with E-state index >= 15 is 0 Å². The molecule has 0 saturated heterocycles. The minimum atomic E-state index is -1.06. The van der Waals surface area contributed by atoms with E-state index in [9.17, 15) is 23.5 Å². The molecule has 3 heterocycles. The van der Waals surface area contributed by atoms with Gasteiger partial charge in [-0.15, -0.1) is 0 Å². The smallest absolute Gasteiger partial charge is 0.278 e. The summed E-state index contributed by atoms with van der Waals surface area (Å²) in [7, 11) is 0. The molecule has 0 unspecified atom stereocenters. The molecule has 37 heavy (non-hydrogen) atoms. The SMILES string of the molecule is Cc1cccnc1CN1CN(C2(/C=C/COc3cccc(F)c3F)CCC2)C(=O)c2c(O)c(=O)ccn21. The number of rotatable bonds is 7. The minimum absolute atomic E-state index is 0.0255. The first-order valence-corrected chi connectivity index (χ1v) is 12.0. The number of aryl methyl sites for hydroxylation is 1. The van der Waals surface area contributed by atoms with Gasteiger partial charge in [0.2, 0.25) is 11.2 Å². The average molecular weight is 509 g/mol. The van der Waals surface area contributed by atoms with Crippen molar-refractivity contribution in [3.63, 3.8) is 0 Å². The Morgan fingerprint density at radius 2 is 1.97 bits per heavy atom. The van der Waals surface area contributed by atoms with Gasteiger partial charge in [0.1, 0.15) is 13.3 Å². The van der Waals surface area contributed by atoms with Crippen LogP contribution in [-0.4, -0.2) is 44.4 Å². The van der Waals surface area contributed by atoms with Gasteiger partial charge in [-0.05, 0) is 56.0 Å². The Hall–Kier alpha value is -4.21. The van der Waals surface area contributed by atoms with Gasteiger partial charge in [0.15, 0.2) is 23.0 Å². The van der Waals surface area contributed by atoms with Gasteiger partial charge in [-0.2, -0.15) is 4.39 Å². The summed E-state index contributed by atoms with van der Waals surface area (Å²) in [5, 5.41) is 12.4. The first kappa shape index (κ1) is 24.5. The van der Waals surface area contributed by atoms with Crippen LogP contribution in [0.2, 0.25) is 0 Å². The second-order valence-electron chi connectivity index (χ2n) is 9.25. The highest BCUT2D eigenvalue weighted by atomic mass is 19.2. The van der Waals surface area contributed by atoms with Crippen LogP contribution in [-0.2, 0) is 6.54 Å². The number of fused-ring (bicyclic) bond motifs is 1. The third-order valence-electron chi connectivity index (χ3n) is 7.00. The van der Waals surface area contributed by atoms with Crippen molar-refractivity contribution < 1.29 is 23.4 Å². The Morgan fingerprint density at radius 3 is 2.70 bits per heavy atom. The van der Waals surface area contributed by atoms with Gasteiger partial charge in [-0.3, -0.25) is 24.3 Å². The summed E-state index contributed by atoms with van der Waals surface area (Å²) in [6, 6.07) is 8.72. The molecule has 1 N–H and O–H groups in total. The molecule has 192 valence electrons. The van der Waals surface area contributed by atoms with E-state index in [1.807, 2.05) is 30.1 Å². The molecular formula is C27H26F2N4O4. The second kappa shape index (κ2) is 9.68. The van der Waals surface area contributed by atoms with Gasteiger partial charge < -0.3 is 14.7 Å². The second-order valence-corrected chi connectivity index (χ2v) is 9.25. The quantitative estimate of drug-likeness (QED) is 0.491. The lowest BCUT2D eigenvalue weighted by atomic mass is 9.74. The number of ether oxygens (including phenoxy) is 1. The zero-order chi connectivity index (χ0) is 26.2. The molecule has 10 heteroatoms. The summed E-state index contributed by atoms with van der Waals surface area (Å²) in [6.07, 6.45) is 8.89. The molecule has 1 aromatic carbocycles. The summed E-state index contributed by atoms with van der Waals surface area (Å²) in [5.74, 6) is -3.32. The monoisotopic (exact) mass is 508 g/mol. The van der Waals surface area contributed by atoms with E-state index in [1.54, 1.807) is 17.2 Å². The first-order valence-electron chi connectivity index (χ1n) is 12.0. The van der Waals surface area contributed by atoms with Crippen LogP contribution in [0.3, 0.4) is 0 Å². The number of aromatic hydroxyl groups is 1. The maximum atomic E-state index is 13.9. The predicted molar refractivity (Wildman–Crippen MR) is 132 cm³/mol. The van der Waals surface area contributed by atoms with Crippen LogP contribution in [0.1, 0.15) is 41.0 Å². The molecule has 5 rings (SSSR count). The number of halogens is 2. The molecule has 8 nitrogen and oxygen atoms in total. The molecule has 2 aliphatic rings. The van der Waals surface area contributed by atoms with Gasteiger partial charge in [0.25, 0.3) is 5.91 Å². The van der Waals surface area contributed by atoms with Crippen LogP contribution in [0, 0.1) is 18.6 Å². The van der Waals surface area contributed by atoms with E-state index in [0.29, 0.717) is 19.4 Å². The molecule has 1 aliphatic heterocycles. The van der Waals surface area contributed by atoms with Crippen LogP contribution in [0.15, 0.2) is 65.7 Å². The summed E-state index contributed by atoms with van der Waals surface area (Å²) >= 11 is 0. The van der Waals surface area contributed by atoms with E-state index in [-0.39, 0.29) is 24.7 Å². The van der Waals surface area contributed by atoms with Gasteiger partial charge >= 0.3 is 0 Å². The third-order valence-corrected chi connectivity index (χ3v) is 7.00. The molecule has 2 aromatic heterocycles. The number of benzene rings is 1. The lowest BCUT2D eigenvalue weighted by Gasteiger charge is -2.52. The highest BCUT2D eigenvalue weighted by Gasteiger charge is 2.47. The van der Waals surface area contributed by atoms with Crippen molar-refractivity contribution in [3.05, 3.63) is 99.8 Å². The maximum Gasteiger partial charge on any atom is 0.278 e. The highest BCUT2D eigenvalue weighted by molar-refractivity contribution is 5.97. The van der Waals surface area contributed by atoms with Crippen molar-refractivity contribution in [3.8, 4) is 11.5 Å². The predicted octanol–water partition coefficient (Wildman–Crippen LogP) is 3.64. The fourth-order valence-corrected chi connectivity index (χ4v) is 4.77. The number of nitrogens with zero attached hydrogens (tertiary/aromatic N) is 4. The van der Waals surface area contributed by atoms with Crippen molar-refractivity contribution >= 4 is 5.91 Å². The zero-order valence-electron chi connectivity index (χ0n) is 20.2. The summed E-state index contributed by atoms with van der Waals surface area (Å²) < 4.78 is 34.3. The van der Waals surface area contributed by atoms with Crippen LogP contribution < -0.4 is 15.2 Å². The first-order chi connectivity index (χ1) is 17.8. The van der Waals surface area contributed by atoms with Crippen molar-refractivity contribution in [2.75, 3.05) is 18.3 Å². The lowest BCUT2D eigenvalue weighted by molar-refractivity contribution is 0.0262. The van der Waals surface area contributed by atoms with E-state index in [2.05, 4.69) is 4.98 Å². The summed E-state index contributed by atoms with van der Waals surface area (Å²) in [5.41, 5.74) is 0.341. The zero-order valence-corrected chi connectivity index (χ0v) is 20.2. The van der Waals surface area contributed by atoms with Crippen molar-refractivity contribution in [2.24, 2.45) is 0 Å². The van der Waals surface area contributed by atoms with Crippen LogP contribution in [0.5, 0.6) is 11.5 Å². The van der Waals surface area contributed by atoms with Gasteiger partial charge in [0.05, 0.1) is 17.8 Å². The molecule has 1 fully saturated rings. The number of hydrogen-bond donors (Lipinski definition) is 1. The lowest BCUT2D eigenvalue weighted by Crippen LogP contribution is -2.63. The van der Waals surface area contributed by atoms with E-state index in [1.165, 1.54) is 29.1 Å². The van der Waals surface area contributed by atoms with Crippen LogP contribution in [0.4, 0.5) is 8.78 Å². The Morgan fingerprint density at radius 1 is 1.16 bits per heavy atom. The Bertz CT molecular complexity index is 1430. The largest absolute Gasteiger partial charge is 0.502 e. The van der Waals surface area contributed by atoms with Gasteiger partial charge in [-0.1, -0.05) is 18.2 Å². The average Bonchev–Trinajstić information content (AvgIpc) is 2.86. The standard InChI is InChI=1S/C27H26F2N4O4/c1-18-6-3-13-30-20(18)16-31-17-32(26(36)24-25(35)21(34)9-14-33(24)31)27(10-4-11-27)12-5-15-37-22-8-2-7-19(28)23(22)29/h2-3,5-9,12-14,35H,4,10-11,15-17H2,1H3/b12-5+. The molecule has 1 amide bonds. The highest BCUT2D eigenvalue weighted by Crippen LogP contribution is 2.41. The van der Waals surface area contributed by atoms with Crippen molar-refractivity contribution in [1.29, 1.82) is 0 Å². The van der Waals surface area contributed by atoms with Crippen molar-refractivity contribution in [1.82, 2.24) is 14.6 Å². The van der Waals surface area contributed by atoms with Gasteiger partial charge in [-0.25, -0.2) is 4.39 Å². The minimum Gasteiger partial charge on any atom is -0.502 e. The van der Waals surface area contributed by atoms with E-state index < -0.39 is 34.3 Å². The maximum absolute atomic E-state index is 13.9. The number of carbonyl (C=O) groups excluding carboxylic acids is 1. The van der Waals surface area contributed by atoms with Crippen LogP contribution >= 0.6 is 0 Å².